The number of carbonyl (C=O) groups excluding carboxylic acids is 2. The minimum Gasteiger partial charge on any atom is -0.288 e. The molecule has 0 saturated carbocycles. The summed E-state index contributed by atoms with van der Waals surface area (Å²) in [6, 6.07) is 6.75. The van der Waals surface area contributed by atoms with Crippen molar-refractivity contribution in [3.05, 3.63) is 53.1 Å². The molecule has 6 nitrogen and oxygen atoms in total. The van der Waals surface area contributed by atoms with Gasteiger partial charge in [0.05, 0.1) is 0 Å². The molecule has 0 spiro atoms. The molecule has 1 aromatic rings. The molecule has 0 radical (unpaired) electrons. The average molecular weight is 357 g/mol. The van der Waals surface area contributed by atoms with Crippen molar-refractivity contribution in [1.82, 2.24) is 10.9 Å². The van der Waals surface area contributed by atoms with Gasteiger partial charge in [0.1, 0.15) is 0 Å². The lowest BCUT2D eigenvalue weighted by atomic mass is 10.0. The van der Waals surface area contributed by atoms with Crippen LogP contribution in [0.2, 0.25) is 0 Å². The summed E-state index contributed by atoms with van der Waals surface area (Å²) in [5.74, 6) is -0.458. The van der Waals surface area contributed by atoms with Crippen LogP contribution >= 0.6 is 0 Å². The number of allylic oxidation sites excluding steroid dienone is 2. The fourth-order valence-electron chi connectivity index (χ4n) is 2.17. The van der Waals surface area contributed by atoms with Crippen molar-refractivity contribution in [3.63, 3.8) is 0 Å². The minimum absolute atomic E-state index is 0.319. The molecule has 2 amide bonds. The van der Waals surface area contributed by atoms with Crippen LogP contribution in [0, 0.1) is 5.92 Å². The maximum absolute atomic E-state index is 12.1. The zero-order valence-corrected chi connectivity index (χ0v) is 15.5. The summed E-state index contributed by atoms with van der Waals surface area (Å²) < 4.78 is 0. The van der Waals surface area contributed by atoms with Gasteiger partial charge in [-0.15, -0.1) is 0 Å². The van der Waals surface area contributed by atoms with Crippen LogP contribution in [-0.4, -0.2) is 23.2 Å². The third-order valence-corrected chi connectivity index (χ3v) is 3.66. The van der Waals surface area contributed by atoms with Gasteiger partial charge in [-0.25, -0.2) is 10.9 Å². The number of carbonyl (C=O) groups is 2. The molecule has 26 heavy (non-hydrogen) atoms. The molecule has 3 N–H and O–H groups in total. The molecule has 1 aromatic carbocycles. The van der Waals surface area contributed by atoms with Crippen LogP contribution < -0.4 is 10.9 Å². The Morgan fingerprint density at radius 3 is 2.77 bits per heavy atom. The van der Waals surface area contributed by atoms with Crippen LogP contribution in [0.5, 0.6) is 0 Å². The van der Waals surface area contributed by atoms with Crippen molar-refractivity contribution in [1.29, 1.82) is 0 Å². The van der Waals surface area contributed by atoms with Crippen molar-refractivity contribution < 1.29 is 14.8 Å². The molecule has 0 aromatic heterocycles. The van der Waals surface area contributed by atoms with E-state index >= 15 is 0 Å². The van der Waals surface area contributed by atoms with E-state index in [0.717, 1.165) is 19.3 Å². The molecule has 1 atom stereocenters. The molecular weight excluding hydrogens is 330 g/mol. The number of rotatable bonds is 9. The summed E-state index contributed by atoms with van der Waals surface area (Å²) >= 11 is 0. The number of hydroxylamine groups is 1. The van der Waals surface area contributed by atoms with Crippen molar-refractivity contribution in [2.24, 2.45) is 11.0 Å². The minimum atomic E-state index is -0.636. The molecule has 0 aliphatic heterocycles. The van der Waals surface area contributed by atoms with Crippen LogP contribution in [0.15, 0.2) is 47.1 Å². The number of hydrazone groups is 1. The summed E-state index contributed by atoms with van der Waals surface area (Å²) in [5.41, 5.74) is 6.44. The van der Waals surface area contributed by atoms with E-state index in [2.05, 4.69) is 37.4 Å². The second kappa shape index (κ2) is 11.8. The fourth-order valence-corrected chi connectivity index (χ4v) is 2.17. The van der Waals surface area contributed by atoms with E-state index in [1.54, 1.807) is 30.5 Å². The lowest BCUT2D eigenvalue weighted by Gasteiger charge is -2.06. The first-order chi connectivity index (χ1) is 12.4. The van der Waals surface area contributed by atoms with Crippen molar-refractivity contribution in [3.8, 4) is 0 Å². The van der Waals surface area contributed by atoms with Crippen molar-refractivity contribution in [2.45, 2.75) is 40.0 Å². The Balaban J connectivity index is 2.49. The Hall–Kier alpha value is -2.73. The monoisotopic (exact) mass is 357 g/mol. The molecule has 0 heterocycles. The fraction of sp³-hybridized carbons (Fsp3) is 0.350. The standard InChI is InChI=1S/C20H27N3O3/c1-15(2)6-4-7-16(3)12-13-21-22-20(25)18-9-5-8-17(14-18)10-11-19(24)23-26/h5-6,8-11,13-14,16,26H,4,7,12H2,1-3H3,(H,22,25)(H,23,24)/b11-10+,21-13+/t16-/m1/s1. The van der Waals surface area contributed by atoms with Crippen LogP contribution in [-0.2, 0) is 4.79 Å². The van der Waals surface area contributed by atoms with E-state index < -0.39 is 5.91 Å². The molecule has 6 heteroatoms. The van der Waals surface area contributed by atoms with E-state index in [4.69, 9.17) is 5.21 Å². The van der Waals surface area contributed by atoms with Gasteiger partial charge in [0.15, 0.2) is 0 Å². The van der Waals surface area contributed by atoms with Gasteiger partial charge in [0.25, 0.3) is 11.8 Å². The summed E-state index contributed by atoms with van der Waals surface area (Å²) in [6.07, 6.45) is 9.56. The highest BCUT2D eigenvalue weighted by Gasteiger charge is 2.04. The first kappa shape index (κ1) is 21.3. The molecule has 0 bridgehead atoms. The smallest absolute Gasteiger partial charge is 0.271 e. The molecule has 0 unspecified atom stereocenters. The quantitative estimate of drug-likeness (QED) is 0.207. The number of hydrogen-bond acceptors (Lipinski definition) is 4. The molecule has 0 aliphatic carbocycles. The number of benzene rings is 1. The Labute approximate surface area is 154 Å². The van der Waals surface area contributed by atoms with E-state index in [9.17, 15) is 9.59 Å². The maximum atomic E-state index is 12.1. The van der Waals surface area contributed by atoms with Crippen LogP contribution in [0.3, 0.4) is 0 Å². The normalized spacial score (nSPS) is 12.2. The highest BCUT2D eigenvalue weighted by atomic mass is 16.5. The Morgan fingerprint density at radius 1 is 1.31 bits per heavy atom. The van der Waals surface area contributed by atoms with Gasteiger partial charge >= 0.3 is 0 Å². The first-order valence-corrected chi connectivity index (χ1v) is 8.59. The molecular formula is C20H27N3O3. The predicted octanol–water partition coefficient (Wildman–Crippen LogP) is 3.69. The lowest BCUT2D eigenvalue weighted by molar-refractivity contribution is -0.124. The van der Waals surface area contributed by atoms with E-state index in [-0.39, 0.29) is 5.91 Å². The predicted molar refractivity (Wildman–Crippen MR) is 104 cm³/mol. The van der Waals surface area contributed by atoms with Gasteiger partial charge in [-0.1, -0.05) is 30.7 Å². The molecule has 0 aliphatic rings. The molecule has 0 saturated heterocycles. The van der Waals surface area contributed by atoms with Gasteiger partial charge in [-0.3, -0.25) is 14.8 Å². The maximum Gasteiger partial charge on any atom is 0.271 e. The Kier molecular flexibility index (Phi) is 9.64. The number of amides is 2. The van der Waals surface area contributed by atoms with Crippen LogP contribution in [0.4, 0.5) is 0 Å². The third-order valence-electron chi connectivity index (χ3n) is 3.66. The van der Waals surface area contributed by atoms with Gasteiger partial charge in [-0.05, 0) is 62.8 Å². The van der Waals surface area contributed by atoms with Gasteiger partial charge in [0, 0.05) is 17.9 Å². The van der Waals surface area contributed by atoms with Gasteiger partial charge in [0.2, 0.25) is 0 Å². The zero-order chi connectivity index (χ0) is 19.4. The highest BCUT2D eigenvalue weighted by Crippen LogP contribution is 2.10. The number of hydrogen-bond donors (Lipinski definition) is 3. The van der Waals surface area contributed by atoms with Crippen LogP contribution in [0.1, 0.15) is 56.0 Å². The summed E-state index contributed by atoms with van der Waals surface area (Å²) in [6.45, 7) is 6.34. The van der Waals surface area contributed by atoms with Crippen LogP contribution in [0.25, 0.3) is 6.08 Å². The van der Waals surface area contributed by atoms with E-state index in [0.29, 0.717) is 17.0 Å². The zero-order valence-electron chi connectivity index (χ0n) is 15.5. The van der Waals surface area contributed by atoms with E-state index in [1.165, 1.54) is 23.2 Å². The Bertz CT molecular complexity index is 689. The highest BCUT2D eigenvalue weighted by molar-refractivity contribution is 5.95. The first-order valence-electron chi connectivity index (χ1n) is 8.59. The summed E-state index contributed by atoms with van der Waals surface area (Å²) in [7, 11) is 0. The third kappa shape index (κ3) is 8.94. The van der Waals surface area contributed by atoms with Crippen molar-refractivity contribution in [2.75, 3.05) is 0 Å². The number of nitrogens with zero attached hydrogens (tertiary/aromatic N) is 1. The number of nitrogens with one attached hydrogen (secondary N) is 2. The molecule has 1 rings (SSSR count). The second-order valence-electron chi connectivity index (χ2n) is 6.39. The van der Waals surface area contributed by atoms with Crippen molar-refractivity contribution >= 4 is 24.1 Å². The van der Waals surface area contributed by atoms with Gasteiger partial charge < -0.3 is 0 Å². The molecule has 0 fully saturated rings. The van der Waals surface area contributed by atoms with Gasteiger partial charge in [-0.2, -0.15) is 5.10 Å². The molecule has 140 valence electrons. The largest absolute Gasteiger partial charge is 0.288 e. The van der Waals surface area contributed by atoms with E-state index in [1.807, 2.05) is 0 Å². The summed E-state index contributed by atoms with van der Waals surface area (Å²) in [4.78, 5) is 23.1. The second-order valence-corrected chi connectivity index (χ2v) is 6.39. The Morgan fingerprint density at radius 2 is 2.08 bits per heavy atom. The SMILES string of the molecule is CC(C)=CCC[C@@H](C)C/C=N/NC(=O)c1cccc(/C=C/C(=O)NO)c1. The lowest BCUT2D eigenvalue weighted by Crippen LogP contribution is -2.17. The summed E-state index contributed by atoms with van der Waals surface area (Å²) in [5, 5.41) is 12.4. The topological polar surface area (TPSA) is 90.8 Å². The average Bonchev–Trinajstić information content (AvgIpc) is 2.63.